The van der Waals surface area contributed by atoms with Crippen LogP contribution in [0.1, 0.15) is 29.2 Å². The zero-order chi connectivity index (χ0) is 14.8. The van der Waals surface area contributed by atoms with Crippen molar-refractivity contribution >= 4 is 5.91 Å². The summed E-state index contributed by atoms with van der Waals surface area (Å²) in [5.41, 5.74) is 2.46. The van der Waals surface area contributed by atoms with E-state index in [2.05, 4.69) is 39.9 Å². The van der Waals surface area contributed by atoms with Gasteiger partial charge in [0, 0.05) is 19.5 Å². The summed E-state index contributed by atoms with van der Waals surface area (Å²) >= 11 is 0. The van der Waals surface area contributed by atoms with E-state index in [-0.39, 0.29) is 5.91 Å². The van der Waals surface area contributed by atoms with Crippen molar-refractivity contribution in [3.8, 4) is 0 Å². The number of aryl methyl sites for hydroxylation is 3. The molecule has 1 aliphatic rings. The second-order valence-corrected chi connectivity index (χ2v) is 5.62. The van der Waals surface area contributed by atoms with Gasteiger partial charge in [-0.15, -0.1) is 10.2 Å². The normalized spacial score (nSPS) is 14.1. The Bertz CT molecular complexity index is 662. The maximum atomic E-state index is 12.3. The van der Waals surface area contributed by atoms with Crippen LogP contribution in [0.25, 0.3) is 0 Å². The largest absolute Gasteiger partial charge is 0.333 e. The molecule has 1 aromatic carbocycles. The molecule has 1 aromatic heterocycles. The van der Waals surface area contributed by atoms with Crippen LogP contribution in [0.15, 0.2) is 24.3 Å². The summed E-state index contributed by atoms with van der Waals surface area (Å²) in [6.07, 6.45) is 1.35. The number of fused-ring (bicyclic) bond motifs is 1. The minimum Gasteiger partial charge on any atom is -0.333 e. The van der Waals surface area contributed by atoms with Gasteiger partial charge in [0.15, 0.2) is 5.82 Å². The summed E-state index contributed by atoms with van der Waals surface area (Å²) in [4.78, 5) is 14.2. The molecule has 0 saturated heterocycles. The molecule has 5 heteroatoms. The van der Waals surface area contributed by atoms with Crippen LogP contribution in [-0.2, 0) is 24.3 Å². The fourth-order valence-electron chi connectivity index (χ4n) is 2.79. The van der Waals surface area contributed by atoms with Gasteiger partial charge in [-0.05, 0) is 25.8 Å². The standard InChI is InChI=1S/C16H20N4O/c1-12-4-3-5-14(10-12)6-7-16(21)19-8-9-20-13(2)17-18-15(20)11-19/h3-5,10H,6-9,11H2,1-2H3. The third-order valence-corrected chi connectivity index (χ3v) is 4.00. The first-order chi connectivity index (χ1) is 10.1. The number of rotatable bonds is 3. The number of hydrogen-bond acceptors (Lipinski definition) is 3. The summed E-state index contributed by atoms with van der Waals surface area (Å²) in [6, 6.07) is 8.34. The van der Waals surface area contributed by atoms with Gasteiger partial charge in [0.25, 0.3) is 0 Å². The van der Waals surface area contributed by atoms with Crippen LogP contribution in [0.5, 0.6) is 0 Å². The smallest absolute Gasteiger partial charge is 0.223 e. The van der Waals surface area contributed by atoms with E-state index in [0.29, 0.717) is 13.0 Å². The summed E-state index contributed by atoms with van der Waals surface area (Å²) in [7, 11) is 0. The molecule has 3 rings (SSSR count). The Labute approximate surface area is 124 Å². The monoisotopic (exact) mass is 284 g/mol. The molecule has 110 valence electrons. The van der Waals surface area contributed by atoms with Gasteiger partial charge < -0.3 is 9.47 Å². The first-order valence-electron chi connectivity index (χ1n) is 7.35. The highest BCUT2D eigenvalue weighted by Crippen LogP contribution is 2.14. The van der Waals surface area contributed by atoms with Gasteiger partial charge in [0.05, 0.1) is 6.54 Å². The van der Waals surface area contributed by atoms with E-state index < -0.39 is 0 Å². The van der Waals surface area contributed by atoms with Crippen molar-refractivity contribution in [2.45, 2.75) is 39.8 Å². The van der Waals surface area contributed by atoms with Crippen LogP contribution in [0.3, 0.4) is 0 Å². The molecule has 0 aliphatic carbocycles. The summed E-state index contributed by atoms with van der Waals surface area (Å²) in [6.45, 7) is 6.15. The van der Waals surface area contributed by atoms with Crippen molar-refractivity contribution in [1.82, 2.24) is 19.7 Å². The first-order valence-corrected chi connectivity index (χ1v) is 7.35. The van der Waals surface area contributed by atoms with Crippen molar-refractivity contribution < 1.29 is 4.79 Å². The Kier molecular flexibility index (Phi) is 3.73. The Morgan fingerprint density at radius 1 is 1.24 bits per heavy atom. The molecule has 2 heterocycles. The maximum absolute atomic E-state index is 12.3. The van der Waals surface area contributed by atoms with Crippen molar-refractivity contribution in [2.75, 3.05) is 6.54 Å². The van der Waals surface area contributed by atoms with Gasteiger partial charge in [0.2, 0.25) is 5.91 Å². The molecule has 0 fully saturated rings. The van der Waals surface area contributed by atoms with Crippen molar-refractivity contribution in [2.24, 2.45) is 0 Å². The third-order valence-electron chi connectivity index (χ3n) is 4.00. The summed E-state index contributed by atoms with van der Waals surface area (Å²) in [5.74, 6) is 2.02. The van der Waals surface area contributed by atoms with Crippen LogP contribution in [0.2, 0.25) is 0 Å². The van der Waals surface area contributed by atoms with E-state index in [1.807, 2.05) is 17.9 Å². The number of nitrogens with zero attached hydrogens (tertiary/aromatic N) is 4. The second kappa shape index (κ2) is 5.68. The van der Waals surface area contributed by atoms with Crippen molar-refractivity contribution in [1.29, 1.82) is 0 Å². The zero-order valence-electron chi connectivity index (χ0n) is 12.5. The number of benzene rings is 1. The molecule has 0 spiro atoms. The topological polar surface area (TPSA) is 51.0 Å². The number of carbonyl (C=O) groups is 1. The van der Waals surface area contributed by atoms with E-state index in [9.17, 15) is 4.79 Å². The summed E-state index contributed by atoms with van der Waals surface area (Å²) < 4.78 is 2.09. The molecule has 1 amide bonds. The zero-order valence-corrected chi connectivity index (χ0v) is 12.5. The molecule has 1 aliphatic heterocycles. The van der Waals surface area contributed by atoms with Crippen LogP contribution in [0, 0.1) is 13.8 Å². The number of carbonyl (C=O) groups excluding carboxylic acids is 1. The van der Waals surface area contributed by atoms with Gasteiger partial charge in [-0.2, -0.15) is 0 Å². The Hall–Kier alpha value is -2.17. The molecule has 0 bridgehead atoms. The molecular weight excluding hydrogens is 264 g/mol. The highest BCUT2D eigenvalue weighted by Gasteiger charge is 2.22. The Morgan fingerprint density at radius 3 is 2.90 bits per heavy atom. The van der Waals surface area contributed by atoms with E-state index in [1.165, 1.54) is 11.1 Å². The van der Waals surface area contributed by atoms with Gasteiger partial charge in [-0.3, -0.25) is 4.79 Å². The van der Waals surface area contributed by atoms with Crippen molar-refractivity contribution in [3.05, 3.63) is 47.0 Å². The van der Waals surface area contributed by atoms with E-state index in [1.54, 1.807) is 0 Å². The van der Waals surface area contributed by atoms with Crippen LogP contribution in [0.4, 0.5) is 0 Å². The van der Waals surface area contributed by atoms with Gasteiger partial charge >= 0.3 is 0 Å². The van der Waals surface area contributed by atoms with E-state index in [4.69, 9.17) is 0 Å². The van der Waals surface area contributed by atoms with E-state index >= 15 is 0 Å². The second-order valence-electron chi connectivity index (χ2n) is 5.62. The van der Waals surface area contributed by atoms with Gasteiger partial charge in [-0.1, -0.05) is 29.8 Å². The highest BCUT2D eigenvalue weighted by molar-refractivity contribution is 5.76. The SMILES string of the molecule is Cc1cccc(CCC(=O)N2CCn3c(C)nnc3C2)c1. The fraction of sp³-hybridized carbons (Fsp3) is 0.438. The number of hydrogen-bond donors (Lipinski definition) is 0. The number of aromatic nitrogens is 3. The average molecular weight is 284 g/mol. The molecule has 0 saturated carbocycles. The quantitative estimate of drug-likeness (QED) is 0.864. The predicted octanol–water partition coefficient (Wildman–Crippen LogP) is 1.87. The lowest BCUT2D eigenvalue weighted by atomic mass is 10.1. The Balaban J connectivity index is 1.59. The molecule has 5 nitrogen and oxygen atoms in total. The van der Waals surface area contributed by atoms with Gasteiger partial charge in [-0.25, -0.2) is 0 Å². The highest BCUT2D eigenvalue weighted by atomic mass is 16.2. The molecule has 2 aromatic rings. The molecular formula is C16H20N4O. The third kappa shape index (κ3) is 2.96. The number of amides is 1. The minimum absolute atomic E-state index is 0.198. The first kappa shape index (κ1) is 13.8. The van der Waals surface area contributed by atoms with Gasteiger partial charge in [0.1, 0.15) is 5.82 Å². The average Bonchev–Trinajstić information content (AvgIpc) is 2.86. The van der Waals surface area contributed by atoms with Crippen LogP contribution < -0.4 is 0 Å². The van der Waals surface area contributed by atoms with Crippen LogP contribution >= 0.6 is 0 Å². The lowest BCUT2D eigenvalue weighted by Crippen LogP contribution is -2.38. The summed E-state index contributed by atoms with van der Waals surface area (Å²) in [5, 5.41) is 8.21. The Morgan fingerprint density at radius 2 is 2.10 bits per heavy atom. The van der Waals surface area contributed by atoms with Crippen LogP contribution in [-0.4, -0.2) is 32.1 Å². The van der Waals surface area contributed by atoms with E-state index in [0.717, 1.165) is 31.2 Å². The maximum Gasteiger partial charge on any atom is 0.223 e. The molecule has 21 heavy (non-hydrogen) atoms. The van der Waals surface area contributed by atoms with Crippen molar-refractivity contribution in [3.63, 3.8) is 0 Å². The molecule has 0 unspecified atom stereocenters. The predicted molar refractivity (Wildman–Crippen MR) is 79.7 cm³/mol. The molecule has 0 N–H and O–H groups in total. The minimum atomic E-state index is 0.198. The fourth-order valence-corrected chi connectivity index (χ4v) is 2.79. The molecule has 0 radical (unpaired) electrons. The lowest BCUT2D eigenvalue weighted by Gasteiger charge is -2.27. The lowest BCUT2D eigenvalue weighted by molar-refractivity contribution is -0.132. The molecule has 0 atom stereocenters.